The molecule has 2 amide bonds. The van der Waals surface area contributed by atoms with Crippen LogP contribution in [0, 0.1) is 13.8 Å². The highest BCUT2D eigenvalue weighted by atomic mass is 35.5. The van der Waals surface area contributed by atoms with Crippen LogP contribution in [0.3, 0.4) is 0 Å². The lowest BCUT2D eigenvalue weighted by Gasteiger charge is -2.29. The average Bonchev–Trinajstić information content (AvgIpc) is 2.74. The number of rotatable bonds is 10. The zero-order chi connectivity index (χ0) is 25.6. The fourth-order valence-electron chi connectivity index (χ4n) is 3.72. The van der Waals surface area contributed by atoms with Crippen molar-refractivity contribution in [2.75, 3.05) is 24.2 Å². The van der Waals surface area contributed by atoms with Crippen molar-refractivity contribution >= 4 is 50.7 Å². The highest BCUT2D eigenvalue weighted by molar-refractivity contribution is 7.92. The number of nitrogens with zero attached hydrogens (tertiary/aromatic N) is 2. The van der Waals surface area contributed by atoms with E-state index >= 15 is 0 Å². The van der Waals surface area contributed by atoms with Gasteiger partial charge in [-0.1, -0.05) is 35.3 Å². The Labute approximate surface area is 212 Å². The minimum absolute atomic E-state index is 0.0689. The molecular weight excluding hydrogens is 497 g/mol. The summed E-state index contributed by atoms with van der Waals surface area (Å²) in [6.45, 7) is 5.76. The maximum atomic E-state index is 13.2. The van der Waals surface area contributed by atoms with E-state index in [1.165, 1.54) is 16.3 Å². The fourth-order valence-corrected chi connectivity index (χ4v) is 4.99. The van der Waals surface area contributed by atoms with Crippen molar-refractivity contribution in [3.63, 3.8) is 0 Å². The molecule has 2 aromatic carbocycles. The molecule has 0 unspecified atom stereocenters. The molecule has 0 aliphatic carbocycles. The Bertz CT molecular complexity index is 1130. The molecule has 0 saturated carbocycles. The van der Waals surface area contributed by atoms with Crippen molar-refractivity contribution in [3.8, 4) is 0 Å². The van der Waals surface area contributed by atoms with Gasteiger partial charge < -0.3 is 10.2 Å². The van der Waals surface area contributed by atoms with Crippen molar-refractivity contribution in [1.82, 2.24) is 10.2 Å². The molecule has 2 rings (SSSR count). The maximum Gasteiger partial charge on any atom is 0.242 e. The van der Waals surface area contributed by atoms with Gasteiger partial charge >= 0.3 is 0 Å². The standard InChI is InChI=1S/C24H31Cl2N3O4S/c1-16-11-17(2)13-20(12-16)29(34(5,32)33)10-6-7-23(30)28(18(3)24(31)27-4)15-19-8-9-21(25)22(26)14-19/h8-9,11-14,18H,6-7,10,15H2,1-5H3,(H,27,31)/t18-/m1/s1. The average molecular weight is 529 g/mol. The van der Waals surface area contributed by atoms with E-state index in [1.54, 1.807) is 37.3 Å². The monoisotopic (exact) mass is 527 g/mol. The third-order valence-electron chi connectivity index (χ3n) is 5.40. The second-order valence-corrected chi connectivity index (χ2v) is 11.1. The summed E-state index contributed by atoms with van der Waals surface area (Å²) < 4.78 is 26.2. The molecule has 1 N–H and O–H groups in total. The van der Waals surface area contributed by atoms with Crippen LogP contribution in [-0.4, -0.2) is 51.0 Å². The van der Waals surface area contributed by atoms with Gasteiger partial charge in [-0.25, -0.2) is 8.42 Å². The molecule has 0 aliphatic rings. The summed E-state index contributed by atoms with van der Waals surface area (Å²) in [5.41, 5.74) is 3.20. The number of halogens is 2. The quantitative estimate of drug-likeness (QED) is 0.498. The third kappa shape index (κ3) is 7.61. The fraction of sp³-hybridized carbons (Fsp3) is 0.417. The van der Waals surface area contributed by atoms with Crippen LogP contribution in [0.2, 0.25) is 10.0 Å². The predicted molar refractivity (Wildman–Crippen MR) is 138 cm³/mol. The molecule has 7 nitrogen and oxygen atoms in total. The summed E-state index contributed by atoms with van der Waals surface area (Å²) in [4.78, 5) is 26.9. The Hall–Kier alpha value is -2.29. The van der Waals surface area contributed by atoms with Gasteiger partial charge in [0.25, 0.3) is 0 Å². The molecule has 0 bridgehead atoms. The van der Waals surface area contributed by atoms with E-state index in [0.717, 1.165) is 22.9 Å². The number of anilines is 1. The molecule has 186 valence electrons. The third-order valence-corrected chi connectivity index (χ3v) is 7.33. The number of hydrogen-bond acceptors (Lipinski definition) is 4. The Kier molecular flexibility index (Phi) is 9.79. The Morgan fingerprint density at radius 1 is 1.03 bits per heavy atom. The number of carbonyl (C=O) groups excluding carboxylic acids is 2. The van der Waals surface area contributed by atoms with E-state index in [-0.39, 0.29) is 37.7 Å². The Morgan fingerprint density at radius 2 is 1.65 bits per heavy atom. The lowest BCUT2D eigenvalue weighted by Crippen LogP contribution is -2.46. The zero-order valence-corrected chi connectivity index (χ0v) is 22.4. The number of benzene rings is 2. The van der Waals surface area contributed by atoms with Crippen molar-refractivity contribution < 1.29 is 18.0 Å². The number of amides is 2. The Balaban J connectivity index is 2.19. The highest BCUT2D eigenvalue weighted by Crippen LogP contribution is 2.25. The van der Waals surface area contributed by atoms with Gasteiger partial charge in [0.05, 0.1) is 22.0 Å². The maximum absolute atomic E-state index is 13.2. The van der Waals surface area contributed by atoms with E-state index in [1.807, 2.05) is 19.9 Å². The second-order valence-electron chi connectivity index (χ2n) is 8.34. The van der Waals surface area contributed by atoms with Gasteiger partial charge in [-0.05, 0) is 68.1 Å². The minimum Gasteiger partial charge on any atom is -0.357 e. The normalized spacial score (nSPS) is 12.2. The number of likely N-dealkylation sites (N-methyl/N-ethyl adjacent to an activating group) is 1. The van der Waals surface area contributed by atoms with Crippen molar-refractivity contribution in [3.05, 3.63) is 63.1 Å². The Morgan fingerprint density at radius 3 is 2.18 bits per heavy atom. The molecule has 0 spiro atoms. The zero-order valence-electron chi connectivity index (χ0n) is 20.1. The molecule has 34 heavy (non-hydrogen) atoms. The van der Waals surface area contributed by atoms with Gasteiger partial charge in [0.15, 0.2) is 0 Å². The van der Waals surface area contributed by atoms with Crippen LogP contribution >= 0.6 is 23.2 Å². The van der Waals surface area contributed by atoms with Crippen LogP contribution in [0.25, 0.3) is 0 Å². The van der Waals surface area contributed by atoms with Gasteiger partial charge in [0.2, 0.25) is 21.8 Å². The number of sulfonamides is 1. The topological polar surface area (TPSA) is 86.8 Å². The van der Waals surface area contributed by atoms with Gasteiger partial charge in [-0.15, -0.1) is 0 Å². The molecule has 0 aromatic heterocycles. The van der Waals surface area contributed by atoms with Gasteiger partial charge in [0.1, 0.15) is 6.04 Å². The first-order valence-electron chi connectivity index (χ1n) is 10.8. The van der Waals surface area contributed by atoms with E-state index in [9.17, 15) is 18.0 Å². The van der Waals surface area contributed by atoms with Crippen LogP contribution < -0.4 is 9.62 Å². The van der Waals surface area contributed by atoms with E-state index in [4.69, 9.17) is 23.2 Å². The van der Waals surface area contributed by atoms with E-state index in [2.05, 4.69) is 5.32 Å². The van der Waals surface area contributed by atoms with Crippen LogP contribution in [0.1, 0.15) is 36.5 Å². The molecule has 0 heterocycles. The van der Waals surface area contributed by atoms with Crippen molar-refractivity contribution in [1.29, 1.82) is 0 Å². The SMILES string of the molecule is CNC(=O)[C@@H](C)N(Cc1ccc(Cl)c(Cl)c1)C(=O)CCCN(c1cc(C)cc(C)c1)S(C)(=O)=O. The van der Waals surface area contributed by atoms with Crippen molar-refractivity contribution in [2.45, 2.75) is 46.2 Å². The first-order valence-corrected chi connectivity index (χ1v) is 13.4. The minimum atomic E-state index is -3.54. The van der Waals surface area contributed by atoms with Gasteiger partial charge in [-0.2, -0.15) is 0 Å². The van der Waals surface area contributed by atoms with E-state index < -0.39 is 16.1 Å². The summed E-state index contributed by atoms with van der Waals surface area (Å²) >= 11 is 12.1. The van der Waals surface area contributed by atoms with Crippen LogP contribution in [0.15, 0.2) is 36.4 Å². The summed E-state index contributed by atoms with van der Waals surface area (Å²) in [7, 11) is -2.04. The van der Waals surface area contributed by atoms with Gasteiger partial charge in [0, 0.05) is 26.6 Å². The second kappa shape index (κ2) is 11.9. The van der Waals surface area contributed by atoms with E-state index in [0.29, 0.717) is 15.7 Å². The first kappa shape index (κ1) is 28.0. The molecule has 0 aliphatic heterocycles. The lowest BCUT2D eigenvalue weighted by molar-refractivity contribution is -0.140. The summed E-state index contributed by atoms with van der Waals surface area (Å²) in [6.07, 6.45) is 1.51. The molecule has 0 fully saturated rings. The molecular formula is C24H31Cl2N3O4S. The molecule has 10 heteroatoms. The smallest absolute Gasteiger partial charge is 0.242 e. The molecule has 2 aromatic rings. The van der Waals surface area contributed by atoms with Crippen LogP contribution in [0.5, 0.6) is 0 Å². The van der Waals surface area contributed by atoms with Crippen LogP contribution in [-0.2, 0) is 26.2 Å². The van der Waals surface area contributed by atoms with Crippen LogP contribution in [0.4, 0.5) is 5.69 Å². The number of carbonyl (C=O) groups is 2. The largest absolute Gasteiger partial charge is 0.357 e. The number of hydrogen-bond donors (Lipinski definition) is 1. The molecule has 0 radical (unpaired) electrons. The molecule has 0 saturated heterocycles. The molecule has 1 atom stereocenters. The first-order chi connectivity index (χ1) is 15.8. The summed E-state index contributed by atoms with van der Waals surface area (Å²) in [5, 5.41) is 3.32. The van der Waals surface area contributed by atoms with Crippen molar-refractivity contribution in [2.24, 2.45) is 0 Å². The number of aryl methyl sites for hydroxylation is 2. The van der Waals surface area contributed by atoms with Gasteiger partial charge in [-0.3, -0.25) is 13.9 Å². The number of nitrogens with one attached hydrogen (secondary N) is 1. The highest BCUT2D eigenvalue weighted by Gasteiger charge is 2.26. The predicted octanol–water partition coefficient (Wildman–Crippen LogP) is 4.32. The summed E-state index contributed by atoms with van der Waals surface area (Å²) in [5.74, 6) is -0.572. The summed E-state index contributed by atoms with van der Waals surface area (Å²) in [6, 6.07) is 9.90. The lowest BCUT2D eigenvalue weighted by atomic mass is 10.1.